The fourth-order valence-corrected chi connectivity index (χ4v) is 2.39. The first-order valence-electron chi connectivity index (χ1n) is 7.45. The fourth-order valence-electron chi connectivity index (χ4n) is 2.21. The summed E-state index contributed by atoms with van der Waals surface area (Å²) in [6.45, 7) is 5.22. The van der Waals surface area contributed by atoms with E-state index in [4.69, 9.17) is 11.6 Å². The molecule has 25 heavy (non-hydrogen) atoms. The molecule has 3 aromatic rings. The number of fused-ring (bicyclic) bond motifs is 1. The van der Waals surface area contributed by atoms with E-state index < -0.39 is 0 Å². The van der Waals surface area contributed by atoms with Crippen molar-refractivity contribution in [3.05, 3.63) is 71.7 Å². The Morgan fingerprint density at radius 1 is 1.16 bits per heavy atom. The molecule has 7 heteroatoms. The van der Waals surface area contributed by atoms with Gasteiger partial charge in [0.05, 0.1) is 22.6 Å². The minimum Gasteiger partial charge on any atom is -0.321 e. The van der Waals surface area contributed by atoms with E-state index in [0.29, 0.717) is 33.3 Å². The SMILES string of the molecule is C=C(C)C(=O)Nc1ccc2ncc(C(=O)Nc3ccccc3Cl)n2c1. The fraction of sp³-hybridized carbons (Fsp3) is 0.0556. The van der Waals surface area contributed by atoms with Gasteiger partial charge in [0.25, 0.3) is 11.8 Å². The van der Waals surface area contributed by atoms with Crippen LogP contribution < -0.4 is 10.6 Å². The Labute approximate surface area is 149 Å². The molecule has 0 spiro atoms. The molecular weight excluding hydrogens is 340 g/mol. The molecule has 0 saturated heterocycles. The van der Waals surface area contributed by atoms with E-state index in [2.05, 4.69) is 22.2 Å². The highest BCUT2D eigenvalue weighted by Gasteiger charge is 2.14. The van der Waals surface area contributed by atoms with Crippen molar-refractivity contribution in [1.82, 2.24) is 9.38 Å². The number of rotatable bonds is 4. The van der Waals surface area contributed by atoms with Crippen LogP contribution in [0.15, 0.2) is 60.9 Å². The summed E-state index contributed by atoms with van der Waals surface area (Å²) in [4.78, 5) is 28.5. The van der Waals surface area contributed by atoms with Crippen LogP contribution in [0.3, 0.4) is 0 Å². The molecule has 0 saturated carbocycles. The number of pyridine rings is 1. The average molecular weight is 355 g/mol. The van der Waals surface area contributed by atoms with E-state index in [1.54, 1.807) is 53.9 Å². The third kappa shape index (κ3) is 3.54. The number of aromatic nitrogens is 2. The molecule has 2 amide bonds. The smallest absolute Gasteiger partial charge is 0.274 e. The van der Waals surface area contributed by atoms with Gasteiger partial charge in [-0.1, -0.05) is 30.3 Å². The summed E-state index contributed by atoms with van der Waals surface area (Å²) in [7, 11) is 0. The van der Waals surface area contributed by atoms with Crippen LogP contribution in [0, 0.1) is 0 Å². The molecule has 0 aliphatic heterocycles. The van der Waals surface area contributed by atoms with Crippen LogP contribution in [0.5, 0.6) is 0 Å². The van der Waals surface area contributed by atoms with Crippen LogP contribution in [0.4, 0.5) is 11.4 Å². The zero-order valence-electron chi connectivity index (χ0n) is 13.4. The molecule has 0 unspecified atom stereocenters. The van der Waals surface area contributed by atoms with Gasteiger partial charge >= 0.3 is 0 Å². The van der Waals surface area contributed by atoms with Gasteiger partial charge in [0.15, 0.2) is 0 Å². The number of nitrogens with one attached hydrogen (secondary N) is 2. The monoisotopic (exact) mass is 354 g/mol. The minimum absolute atomic E-state index is 0.290. The second kappa shape index (κ2) is 6.78. The molecule has 1 aromatic carbocycles. The van der Waals surface area contributed by atoms with E-state index in [0.717, 1.165) is 0 Å². The van der Waals surface area contributed by atoms with Crippen molar-refractivity contribution in [2.75, 3.05) is 10.6 Å². The second-order valence-electron chi connectivity index (χ2n) is 5.46. The topological polar surface area (TPSA) is 75.5 Å². The number of carbonyl (C=O) groups excluding carboxylic acids is 2. The van der Waals surface area contributed by atoms with Crippen LogP contribution in [0.25, 0.3) is 5.65 Å². The number of para-hydroxylation sites is 1. The van der Waals surface area contributed by atoms with Crippen molar-refractivity contribution in [2.45, 2.75) is 6.92 Å². The standard InChI is InChI=1S/C18H15ClN4O2/c1-11(2)17(24)21-12-7-8-16-20-9-15(23(16)10-12)18(25)22-14-6-4-3-5-13(14)19/h3-10H,1H2,2H3,(H,21,24)(H,22,25). The molecule has 6 nitrogen and oxygen atoms in total. The first kappa shape index (κ1) is 16.7. The van der Waals surface area contributed by atoms with Crippen LogP contribution in [0.2, 0.25) is 5.02 Å². The lowest BCUT2D eigenvalue weighted by Gasteiger charge is -2.08. The Morgan fingerprint density at radius 3 is 2.64 bits per heavy atom. The lowest BCUT2D eigenvalue weighted by Crippen LogP contribution is -2.15. The summed E-state index contributed by atoms with van der Waals surface area (Å²) >= 11 is 6.07. The van der Waals surface area contributed by atoms with E-state index in [-0.39, 0.29) is 11.8 Å². The predicted octanol–water partition coefficient (Wildman–Crippen LogP) is 3.75. The molecular formula is C18H15ClN4O2. The van der Waals surface area contributed by atoms with Crippen molar-refractivity contribution in [3.8, 4) is 0 Å². The maximum absolute atomic E-state index is 12.6. The van der Waals surface area contributed by atoms with E-state index in [1.165, 1.54) is 6.20 Å². The van der Waals surface area contributed by atoms with Gasteiger partial charge in [0, 0.05) is 11.8 Å². The largest absolute Gasteiger partial charge is 0.321 e. The Kier molecular flexibility index (Phi) is 4.54. The Morgan fingerprint density at radius 2 is 1.92 bits per heavy atom. The number of imidazole rings is 1. The highest BCUT2D eigenvalue weighted by Crippen LogP contribution is 2.21. The molecule has 3 rings (SSSR count). The third-order valence-corrected chi connectivity index (χ3v) is 3.84. The van der Waals surface area contributed by atoms with Gasteiger partial charge in [-0.3, -0.25) is 14.0 Å². The normalized spacial score (nSPS) is 10.5. The Hall–Kier alpha value is -3.12. The van der Waals surface area contributed by atoms with Crippen LogP contribution in [-0.4, -0.2) is 21.2 Å². The maximum atomic E-state index is 12.6. The van der Waals surface area contributed by atoms with Crippen LogP contribution in [-0.2, 0) is 4.79 Å². The number of anilines is 2. The molecule has 0 aliphatic carbocycles. The highest BCUT2D eigenvalue weighted by atomic mass is 35.5. The van der Waals surface area contributed by atoms with Gasteiger partial charge in [0.1, 0.15) is 11.3 Å². The zero-order chi connectivity index (χ0) is 18.0. The quantitative estimate of drug-likeness (QED) is 0.700. The van der Waals surface area contributed by atoms with Crippen molar-refractivity contribution in [2.24, 2.45) is 0 Å². The number of nitrogens with zero attached hydrogens (tertiary/aromatic N) is 2. The van der Waals surface area contributed by atoms with Gasteiger partial charge in [-0.15, -0.1) is 0 Å². The van der Waals surface area contributed by atoms with Gasteiger partial charge in [-0.25, -0.2) is 4.98 Å². The molecule has 2 N–H and O–H groups in total. The summed E-state index contributed by atoms with van der Waals surface area (Å²) in [6, 6.07) is 10.4. The number of halogens is 1. The van der Waals surface area contributed by atoms with E-state index in [9.17, 15) is 9.59 Å². The predicted molar refractivity (Wildman–Crippen MR) is 98.0 cm³/mol. The van der Waals surface area contributed by atoms with Crippen molar-refractivity contribution < 1.29 is 9.59 Å². The second-order valence-corrected chi connectivity index (χ2v) is 5.87. The van der Waals surface area contributed by atoms with Crippen LogP contribution in [0.1, 0.15) is 17.4 Å². The number of hydrogen-bond donors (Lipinski definition) is 2. The first-order chi connectivity index (χ1) is 12.0. The van der Waals surface area contributed by atoms with Gasteiger partial charge in [0.2, 0.25) is 0 Å². The van der Waals surface area contributed by atoms with E-state index in [1.807, 2.05) is 0 Å². The lowest BCUT2D eigenvalue weighted by molar-refractivity contribution is -0.112. The molecule has 0 aliphatic rings. The Balaban J connectivity index is 1.91. The molecule has 126 valence electrons. The van der Waals surface area contributed by atoms with Gasteiger partial charge in [-0.05, 0) is 31.2 Å². The molecule has 0 fully saturated rings. The zero-order valence-corrected chi connectivity index (χ0v) is 14.2. The first-order valence-corrected chi connectivity index (χ1v) is 7.83. The van der Waals surface area contributed by atoms with Gasteiger partial charge < -0.3 is 10.6 Å². The number of hydrogen-bond acceptors (Lipinski definition) is 3. The summed E-state index contributed by atoms with van der Waals surface area (Å²) in [5.41, 5.74) is 2.34. The summed E-state index contributed by atoms with van der Waals surface area (Å²) in [5, 5.41) is 5.90. The molecule has 0 bridgehead atoms. The van der Waals surface area contributed by atoms with Crippen molar-refractivity contribution >= 4 is 40.4 Å². The third-order valence-electron chi connectivity index (χ3n) is 3.51. The highest BCUT2D eigenvalue weighted by molar-refractivity contribution is 6.33. The molecule has 2 aromatic heterocycles. The minimum atomic E-state index is -0.357. The molecule has 2 heterocycles. The van der Waals surface area contributed by atoms with Crippen molar-refractivity contribution in [1.29, 1.82) is 0 Å². The van der Waals surface area contributed by atoms with Crippen LogP contribution >= 0.6 is 11.6 Å². The number of amides is 2. The summed E-state index contributed by atoms with van der Waals surface area (Å²) in [6.07, 6.45) is 3.09. The maximum Gasteiger partial charge on any atom is 0.274 e. The average Bonchev–Trinajstić information content (AvgIpc) is 3.00. The van der Waals surface area contributed by atoms with Crippen molar-refractivity contribution in [3.63, 3.8) is 0 Å². The molecule has 0 atom stereocenters. The van der Waals surface area contributed by atoms with E-state index >= 15 is 0 Å². The lowest BCUT2D eigenvalue weighted by atomic mass is 10.3. The summed E-state index contributed by atoms with van der Waals surface area (Å²) in [5.74, 6) is -0.648. The van der Waals surface area contributed by atoms with Gasteiger partial charge in [-0.2, -0.15) is 0 Å². The Bertz CT molecular complexity index is 994. The number of benzene rings is 1. The molecule has 0 radical (unpaired) electrons. The summed E-state index contributed by atoms with van der Waals surface area (Å²) < 4.78 is 1.60. The number of carbonyl (C=O) groups is 2.